The van der Waals surface area contributed by atoms with E-state index >= 15 is 0 Å². The predicted molar refractivity (Wildman–Crippen MR) is 87.7 cm³/mol. The number of Topliss-reactive ketones (excluding diaryl/α,β-unsaturated/α-hetero) is 1. The first-order valence-corrected chi connectivity index (χ1v) is 9.87. The van der Waals surface area contributed by atoms with Crippen LogP contribution in [0.5, 0.6) is 0 Å². The van der Waals surface area contributed by atoms with Crippen molar-refractivity contribution in [2.75, 3.05) is 11.5 Å². The monoisotopic (exact) mass is 300 g/mol. The Labute approximate surface area is 127 Å². The Balaban J connectivity index is 2.02. The molecular weight excluding hydrogens is 272 g/mol. The highest BCUT2D eigenvalue weighted by molar-refractivity contribution is 8.20. The number of hydrogen-bond acceptors (Lipinski definition) is 3. The van der Waals surface area contributed by atoms with Crippen LogP contribution in [0.15, 0.2) is 0 Å². The Kier molecular flexibility index (Phi) is 5.71. The summed E-state index contributed by atoms with van der Waals surface area (Å²) in [5, 5.41) is 0. The maximum absolute atomic E-state index is 12.6. The van der Waals surface area contributed by atoms with Crippen molar-refractivity contribution in [3.05, 3.63) is 0 Å². The van der Waals surface area contributed by atoms with Crippen molar-refractivity contribution in [2.24, 2.45) is 29.6 Å². The highest BCUT2D eigenvalue weighted by atomic mass is 32.2. The molecule has 0 aromatic carbocycles. The van der Waals surface area contributed by atoms with Crippen LogP contribution in [0.3, 0.4) is 0 Å². The first kappa shape index (κ1) is 15.8. The number of thioether (sulfide) groups is 2. The van der Waals surface area contributed by atoms with E-state index in [-0.39, 0.29) is 0 Å². The van der Waals surface area contributed by atoms with E-state index in [1.807, 2.05) is 0 Å². The third-order valence-corrected chi connectivity index (χ3v) is 8.44. The smallest absolute Gasteiger partial charge is 0.139 e. The lowest BCUT2D eigenvalue weighted by molar-refractivity contribution is -0.132. The normalized spacial score (nSPS) is 35.0. The van der Waals surface area contributed by atoms with Crippen LogP contribution in [0.4, 0.5) is 0 Å². The number of ketones is 1. The molecule has 1 heterocycles. The minimum atomic E-state index is 0.302. The van der Waals surface area contributed by atoms with Gasteiger partial charge in [-0.3, -0.25) is 4.79 Å². The summed E-state index contributed by atoms with van der Waals surface area (Å²) in [7, 11) is 0. The topological polar surface area (TPSA) is 17.1 Å². The molecule has 2 aliphatic rings. The van der Waals surface area contributed by atoms with Crippen molar-refractivity contribution >= 4 is 29.3 Å². The molecule has 0 bridgehead atoms. The zero-order valence-corrected chi connectivity index (χ0v) is 14.4. The molecule has 2 rings (SSSR count). The van der Waals surface area contributed by atoms with Crippen molar-refractivity contribution in [1.82, 2.24) is 0 Å². The van der Waals surface area contributed by atoms with E-state index in [1.54, 1.807) is 0 Å². The minimum Gasteiger partial charge on any atom is -0.299 e. The Bertz CT molecular complexity index is 310. The zero-order chi connectivity index (χ0) is 14.0. The molecule has 0 aromatic heterocycles. The van der Waals surface area contributed by atoms with Gasteiger partial charge in [0.1, 0.15) is 5.78 Å². The van der Waals surface area contributed by atoms with Crippen LogP contribution < -0.4 is 0 Å². The van der Waals surface area contributed by atoms with Gasteiger partial charge in [0.05, 0.1) is 4.58 Å². The second-order valence-electron chi connectivity index (χ2n) is 6.72. The molecule has 2 fully saturated rings. The van der Waals surface area contributed by atoms with Crippen molar-refractivity contribution in [1.29, 1.82) is 0 Å². The second-order valence-corrected chi connectivity index (χ2v) is 9.52. The average molecular weight is 301 g/mol. The molecule has 4 unspecified atom stereocenters. The van der Waals surface area contributed by atoms with Crippen LogP contribution >= 0.6 is 23.5 Å². The van der Waals surface area contributed by atoms with Gasteiger partial charge in [0.25, 0.3) is 0 Å². The van der Waals surface area contributed by atoms with E-state index in [4.69, 9.17) is 0 Å². The van der Waals surface area contributed by atoms with Gasteiger partial charge in [0, 0.05) is 23.3 Å². The molecule has 0 N–H and O–H groups in total. The van der Waals surface area contributed by atoms with Gasteiger partial charge in [0.15, 0.2) is 0 Å². The number of carbonyl (C=O) groups excluding carboxylic acids is 1. The van der Waals surface area contributed by atoms with Gasteiger partial charge < -0.3 is 0 Å². The van der Waals surface area contributed by atoms with Gasteiger partial charge in [-0.15, -0.1) is 23.5 Å². The SMILES string of the molecule is CC1CCC(C(C)C)C(CC(C)C2SCCS2)C1=O. The van der Waals surface area contributed by atoms with E-state index in [9.17, 15) is 4.79 Å². The number of hydrogen-bond donors (Lipinski definition) is 0. The van der Waals surface area contributed by atoms with Crippen LogP contribution in [0.2, 0.25) is 0 Å². The fourth-order valence-electron chi connectivity index (χ4n) is 3.67. The number of carbonyl (C=O) groups is 1. The Morgan fingerprint density at radius 2 is 1.79 bits per heavy atom. The molecule has 1 aliphatic carbocycles. The maximum atomic E-state index is 12.6. The summed E-state index contributed by atoms with van der Waals surface area (Å²) < 4.78 is 0.734. The summed E-state index contributed by atoms with van der Waals surface area (Å²) >= 11 is 4.20. The van der Waals surface area contributed by atoms with Crippen LogP contribution in [0.25, 0.3) is 0 Å². The van der Waals surface area contributed by atoms with Gasteiger partial charge in [-0.05, 0) is 37.0 Å². The molecular formula is C16H28OS2. The van der Waals surface area contributed by atoms with E-state index < -0.39 is 0 Å². The molecule has 19 heavy (non-hydrogen) atoms. The van der Waals surface area contributed by atoms with Crippen molar-refractivity contribution < 1.29 is 4.79 Å². The van der Waals surface area contributed by atoms with Crippen molar-refractivity contribution in [3.63, 3.8) is 0 Å². The van der Waals surface area contributed by atoms with Crippen LogP contribution in [0.1, 0.15) is 47.0 Å². The summed E-state index contributed by atoms with van der Waals surface area (Å²) in [6.07, 6.45) is 3.49. The molecule has 0 aromatic rings. The highest BCUT2D eigenvalue weighted by Gasteiger charge is 2.39. The standard InChI is InChI=1S/C16H28OS2/c1-10(2)13-6-5-11(3)15(17)14(13)9-12(4)16-18-7-8-19-16/h10-14,16H,5-9H2,1-4H3. The van der Waals surface area contributed by atoms with E-state index in [1.165, 1.54) is 17.9 Å². The molecule has 1 aliphatic heterocycles. The second kappa shape index (κ2) is 6.89. The molecule has 1 saturated carbocycles. The van der Waals surface area contributed by atoms with Crippen molar-refractivity contribution in [2.45, 2.75) is 51.5 Å². The number of rotatable bonds is 4. The van der Waals surface area contributed by atoms with Gasteiger partial charge in [-0.1, -0.05) is 27.7 Å². The largest absolute Gasteiger partial charge is 0.299 e. The molecule has 0 radical (unpaired) electrons. The molecule has 1 nitrogen and oxygen atoms in total. The summed E-state index contributed by atoms with van der Waals surface area (Å²) in [6.45, 7) is 9.09. The van der Waals surface area contributed by atoms with E-state index in [2.05, 4.69) is 51.2 Å². The van der Waals surface area contributed by atoms with Gasteiger partial charge in [0.2, 0.25) is 0 Å². The quantitative estimate of drug-likeness (QED) is 0.748. The predicted octanol–water partition coefficient (Wildman–Crippen LogP) is 4.71. The Morgan fingerprint density at radius 3 is 2.37 bits per heavy atom. The van der Waals surface area contributed by atoms with E-state index in [0.29, 0.717) is 35.4 Å². The highest BCUT2D eigenvalue weighted by Crippen LogP contribution is 2.44. The first-order valence-electron chi connectivity index (χ1n) is 7.77. The first-order chi connectivity index (χ1) is 9.00. The lowest BCUT2D eigenvalue weighted by Crippen LogP contribution is -2.38. The molecule has 0 spiro atoms. The third-order valence-electron chi connectivity index (χ3n) is 4.90. The van der Waals surface area contributed by atoms with E-state index in [0.717, 1.165) is 17.4 Å². The van der Waals surface area contributed by atoms with Crippen LogP contribution in [-0.2, 0) is 4.79 Å². The molecule has 1 saturated heterocycles. The van der Waals surface area contributed by atoms with Gasteiger partial charge in [-0.25, -0.2) is 0 Å². The summed E-state index contributed by atoms with van der Waals surface area (Å²) in [4.78, 5) is 12.6. The fourth-order valence-corrected chi connectivity index (χ4v) is 6.74. The fraction of sp³-hybridized carbons (Fsp3) is 0.938. The van der Waals surface area contributed by atoms with Gasteiger partial charge >= 0.3 is 0 Å². The zero-order valence-electron chi connectivity index (χ0n) is 12.7. The Morgan fingerprint density at radius 1 is 1.16 bits per heavy atom. The lowest BCUT2D eigenvalue weighted by atomic mass is 9.67. The lowest BCUT2D eigenvalue weighted by Gasteiger charge is -2.38. The van der Waals surface area contributed by atoms with Gasteiger partial charge in [-0.2, -0.15) is 0 Å². The Hall–Kier alpha value is 0.370. The average Bonchev–Trinajstić information content (AvgIpc) is 2.88. The van der Waals surface area contributed by atoms with Crippen LogP contribution in [0, 0.1) is 29.6 Å². The summed E-state index contributed by atoms with van der Waals surface area (Å²) in [6, 6.07) is 0. The van der Waals surface area contributed by atoms with Crippen LogP contribution in [-0.4, -0.2) is 21.9 Å². The molecule has 110 valence electrons. The summed E-state index contributed by atoms with van der Waals surface area (Å²) in [5.74, 6) is 5.74. The third kappa shape index (κ3) is 3.72. The summed E-state index contributed by atoms with van der Waals surface area (Å²) in [5.41, 5.74) is 0. The minimum absolute atomic E-state index is 0.302. The molecule has 0 amide bonds. The van der Waals surface area contributed by atoms with Crippen molar-refractivity contribution in [3.8, 4) is 0 Å². The molecule has 4 atom stereocenters. The maximum Gasteiger partial charge on any atom is 0.139 e. The molecule has 3 heteroatoms.